The number of fused-ring (bicyclic) bond motifs is 1. The van der Waals surface area contributed by atoms with E-state index in [2.05, 4.69) is 9.88 Å². The molecular formula is C28H29N3O4S. The normalized spacial score (nSPS) is 13.3. The molecule has 0 fully saturated rings. The highest BCUT2D eigenvalue weighted by Gasteiger charge is 2.23. The summed E-state index contributed by atoms with van der Waals surface area (Å²) in [4.78, 5) is 4.86. The second-order valence-corrected chi connectivity index (χ2v) is 10.9. The van der Waals surface area contributed by atoms with Crippen LogP contribution in [0.4, 0.5) is 5.88 Å². The first-order valence-electron chi connectivity index (χ1n) is 12.1. The standard InChI is InChI=1S/C28H29N3O4S/c1-18-16-26(24-9-4-6-10-25(24)29-18)34-17-21-12-14-22(15-13-21)23-8-5-7-11-27(23)36(32,33)31-28-19(2)20(3)30-35-28/h5,7-8,11-16,31H,4,6,9-10,17H2,1-3H3. The first-order valence-corrected chi connectivity index (χ1v) is 13.6. The summed E-state index contributed by atoms with van der Waals surface area (Å²) < 4.78 is 40.3. The highest BCUT2D eigenvalue weighted by atomic mass is 32.2. The van der Waals surface area contributed by atoms with Gasteiger partial charge < -0.3 is 9.26 Å². The first-order chi connectivity index (χ1) is 17.3. The summed E-state index contributed by atoms with van der Waals surface area (Å²) >= 11 is 0. The van der Waals surface area contributed by atoms with Crippen LogP contribution in [-0.2, 0) is 29.5 Å². The van der Waals surface area contributed by atoms with E-state index >= 15 is 0 Å². The Balaban J connectivity index is 1.36. The highest BCUT2D eigenvalue weighted by molar-refractivity contribution is 7.92. The largest absolute Gasteiger partial charge is 0.488 e. The molecule has 2 aromatic carbocycles. The van der Waals surface area contributed by atoms with Crippen LogP contribution >= 0.6 is 0 Å². The zero-order valence-corrected chi connectivity index (χ0v) is 21.5. The molecule has 36 heavy (non-hydrogen) atoms. The summed E-state index contributed by atoms with van der Waals surface area (Å²) in [5.41, 5.74) is 7.06. The Morgan fingerprint density at radius 3 is 2.50 bits per heavy atom. The lowest BCUT2D eigenvalue weighted by Crippen LogP contribution is -2.14. The number of aromatic nitrogens is 2. The Bertz CT molecular complexity index is 1510. The molecule has 8 heteroatoms. The number of ether oxygens (including phenoxy) is 1. The van der Waals surface area contributed by atoms with Crippen molar-refractivity contribution in [3.05, 3.63) is 88.4 Å². The van der Waals surface area contributed by atoms with Gasteiger partial charge in [-0.3, -0.25) is 4.98 Å². The number of rotatable bonds is 7. The predicted molar refractivity (Wildman–Crippen MR) is 139 cm³/mol. The molecule has 0 aliphatic heterocycles. The van der Waals surface area contributed by atoms with Crippen LogP contribution in [0.15, 0.2) is 64.0 Å². The van der Waals surface area contributed by atoms with Crippen LogP contribution in [0.2, 0.25) is 0 Å². The van der Waals surface area contributed by atoms with Crippen LogP contribution in [0.3, 0.4) is 0 Å². The number of pyridine rings is 1. The molecule has 0 saturated heterocycles. The van der Waals surface area contributed by atoms with Crippen LogP contribution in [0.5, 0.6) is 5.75 Å². The van der Waals surface area contributed by atoms with E-state index in [1.165, 1.54) is 12.0 Å². The highest BCUT2D eigenvalue weighted by Crippen LogP contribution is 2.32. The minimum Gasteiger partial charge on any atom is -0.488 e. The van der Waals surface area contributed by atoms with Gasteiger partial charge >= 0.3 is 0 Å². The fraction of sp³-hybridized carbons (Fsp3) is 0.286. The molecule has 1 N–H and O–H groups in total. The lowest BCUT2D eigenvalue weighted by Gasteiger charge is -2.19. The zero-order chi connectivity index (χ0) is 25.3. The summed E-state index contributed by atoms with van der Waals surface area (Å²) in [5, 5.41) is 3.83. The van der Waals surface area contributed by atoms with Gasteiger partial charge in [0.15, 0.2) is 0 Å². The van der Waals surface area contributed by atoms with Crippen molar-refractivity contribution in [1.82, 2.24) is 10.1 Å². The van der Waals surface area contributed by atoms with Gasteiger partial charge in [0.25, 0.3) is 10.0 Å². The Hall–Kier alpha value is -3.65. The van der Waals surface area contributed by atoms with Crippen LogP contribution in [0, 0.1) is 20.8 Å². The van der Waals surface area contributed by atoms with Crippen molar-refractivity contribution in [2.45, 2.75) is 58.0 Å². The fourth-order valence-electron chi connectivity index (χ4n) is 4.50. The molecule has 2 aromatic heterocycles. The van der Waals surface area contributed by atoms with Gasteiger partial charge in [-0.25, -0.2) is 13.1 Å². The average molecular weight is 504 g/mol. The van der Waals surface area contributed by atoms with Gasteiger partial charge in [0.1, 0.15) is 12.4 Å². The maximum Gasteiger partial charge on any atom is 0.264 e. The third kappa shape index (κ3) is 4.86. The Kier molecular flexibility index (Phi) is 6.53. The smallest absolute Gasteiger partial charge is 0.264 e. The second kappa shape index (κ2) is 9.78. The van der Waals surface area contributed by atoms with E-state index in [9.17, 15) is 8.42 Å². The molecule has 0 atom stereocenters. The van der Waals surface area contributed by atoms with E-state index in [-0.39, 0.29) is 10.8 Å². The van der Waals surface area contributed by atoms with Gasteiger partial charge in [-0.15, -0.1) is 0 Å². The molecule has 1 aliphatic carbocycles. The molecule has 0 amide bonds. The molecule has 0 unspecified atom stereocenters. The van der Waals surface area contributed by atoms with Gasteiger partial charge in [-0.1, -0.05) is 47.6 Å². The third-order valence-corrected chi connectivity index (χ3v) is 8.00. The molecule has 0 radical (unpaired) electrons. The average Bonchev–Trinajstić information content (AvgIpc) is 3.19. The molecule has 4 aromatic rings. The molecule has 0 spiro atoms. The molecule has 7 nitrogen and oxygen atoms in total. The number of aryl methyl sites for hydroxylation is 3. The quantitative estimate of drug-likeness (QED) is 0.336. The second-order valence-electron chi connectivity index (χ2n) is 9.20. The zero-order valence-electron chi connectivity index (χ0n) is 20.7. The van der Waals surface area contributed by atoms with Crippen LogP contribution in [0.25, 0.3) is 11.1 Å². The van der Waals surface area contributed by atoms with Crippen LogP contribution < -0.4 is 9.46 Å². The molecular weight excluding hydrogens is 474 g/mol. The van der Waals surface area contributed by atoms with Crippen molar-refractivity contribution in [1.29, 1.82) is 0 Å². The van der Waals surface area contributed by atoms with Gasteiger partial charge in [-0.05, 0) is 63.6 Å². The lowest BCUT2D eigenvalue weighted by molar-refractivity contribution is 0.300. The minimum absolute atomic E-state index is 0.128. The maximum absolute atomic E-state index is 13.2. The van der Waals surface area contributed by atoms with E-state index in [1.807, 2.05) is 43.3 Å². The van der Waals surface area contributed by atoms with Crippen LogP contribution in [-0.4, -0.2) is 18.6 Å². The van der Waals surface area contributed by atoms with Gasteiger partial charge in [-0.2, -0.15) is 0 Å². The summed E-state index contributed by atoms with van der Waals surface area (Å²) in [6.07, 6.45) is 4.35. The SMILES string of the molecule is Cc1cc(OCc2ccc(-c3ccccc3S(=O)(=O)Nc3onc(C)c3C)cc2)c2c(n1)CCCC2. The van der Waals surface area contributed by atoms with E-state index in [0.29, 0.717) is 23.4 Å². The minimum atomic E-state index is -3.88. The topological polar surface area (TPSA) is 94.3 Å². The number of benzene rings is 2. The number of anilines is 1. The maximum atomic E-state index is 13.2. The number of hydrogen-bond acceptors (Lipinski definition) is 6. The van der Waals surface area contributed by atoms with Gasteiger partial charge in [0.2, 0.25) is 5.88 Å². The number of sulfonamides is 1. The molecule has 0 bridgehead atoms. The van der Waals surface area contributed by atoms with Gasteiger partial charge in [0.05, 0.1) is 10.6 Å². The van der Waals surface area contributed by atoms with Crippen molar-refractivity contribution in [2.75, 3.05) is 4.72 Å². The van der Waals surface area contributed by atoms with E-state index in [4.69, 9.17) is 14.2 Å². The first kappa shape index (κ1) is 24.1. The van der Waals surface area contributed by atoms with Crippen molar-refractivity contribution in [3.8, 4) is 16.9 Å². The predicted octanol–water partition coefficient (Wildman–Crippen LogP) is 5.92. The van der Waals surface area contributed by atoms with E-state index in [1.54, 1.807) is 32.0 Å². The summed E-state index contributed by atoms with van der Waals surface area (Å²) in [6, 6.07) is 16.7. The van der Waals surface area contributed by atoms with E-state index in [0.717, 1.165) is 47.5 Å². The monoisotopic (exact) mass is 503 g/mol. The molecule has 0 saturated carbocycles. The molecule has 5 rings (SSSR count). The molecule has 186 valence electrons. The number of nitrogens with one attached hydrogen (secondary N) is 1. The van der Waals surface area contributed by atoms with Crippen molar-refractivity contribution < 1.29 is 17.7 Å². The molecule has 1 aliphatic rings. The van der Waals surface area contributed by atoms with E-state index < -0.39 is 10.0 Å². The summed E-state index contributed by atoms with van der Waals surface area (Å²) in [7, 11) is -3.88. The number of nitrogens with zero attached hydrogens (tertiary/aromatic N) is 2. The van der Waals surface area contributed by atoms with Crippen molar-refractivity contribution in [2.24, 2.45) is 0 Å². The van der Waals surface area contributed by atoms with Crippen molar-refractivity contribution in [3.63, 3.8) is 0 Å². The van der Waals surface area contributed by atoms with Crippen LogP contribution in [0.1, 0.15) is 46.6 Å². The summed E-state index contributed by atoms with van der Waals surface area (Å²) in [6.45, 7) is 5.96. The van der Waals surface area contributed by atoms with Crippen molar-refractivity contribution >= 4 is 15.9 Å². The Labute approximate surface area is 211 Å². The fourth-order valence-corrected chi connectivity index (χ4v) is 5.78. The third-order valence-electron chi connectivity index (χ3n) is 6.61. The number of hydrogen-bond donors (Lipinski definition) is 1. The Morgan fingerprint density at radius 1 is 1.00 bits per heavy atom. The lowest BCUT2D eigenvalue weighted by atomic mass is 9.95. The summed E-state index contributed by atoms with van der Waals surface area (Å²) in [5.74, 6) is 1.05. The Morgan fingerprint density at radius 2 is 1.75 bits per heavy atom. The van der Waals surface area contributed by atoms with Gasteiger partial charge in [0, 0.05) is 34.1 Å². The molecule has 2 heterocycles.